The number of rotatable bonds is 8. The van der Waals surface area contributed by atoms with E-state index in [1.165, 1.54) is 31.2 Å². The molecule has 3 aromatic rings. The fourth-order valence-corrected chi connectivity index (χ4v) is 3.57. The minimum absolute atomic E-state index is 0.164. The molecule has 0 bridgehead atoms. The molecule has 0 atom stereocenters. The number of aromatic nitrogens is 2. The molecular weight excluding hydrogens is 482 g/mol. The summed E-state index contributed by atoms with van der Waals surface area (Å²) in [4.78, 5) is 21.7. The average Bonchev–Trinajstić information content (AvgIpc) is 2.83. The molecule has 0 fully saturated rings. The van der Waals surface area contributed by atoms with Gasteiger partial charge in [0.2, 0.25) is 0 Å². The summed E-state index contributed by atoms with van der Waals surface area (Å²) in [6.07, 6.45) is 0.669. The molecule has 0 unspecified atom stereocenters. The van der Waals surface area contributed by atoms with E-state index in [4.69, 9.17) is 5.41 Å². The van der Waals surface area contributed by atoms with E-state index >= 15 is 0 Å². The quantitative estimate of drug-likeness (QED) is 0.278. The van der Waals surface area contributed by atoms with Crippen molar-refractivity contribution in [3.05, 3.63) is 89.3 Å². The van der Waals surface area contributed by atoms with Gasteiger partial charge in [0.15, 0.2) is 0 Å². The summed E-state index contributed by atoms with van der Waals surface area (Å²) in [5, 5.41) is 13.1. The molecule has 0 aliphatic heterocycles. The van der Waals surface area contributed by atoms with Gasteiger partial charge >= 0.3 is 6.18 Å². The van der Waals surface area contributed by atoms with Gasteiger partial charge in [0.1, 0.15) is 11.6 Å². The third-order valence-corrected chi connectivity index (χ3v) is 5.32. The molecule has 11 heteroatoms. The predicted octanol–water partition coefficient (Wildman–Crippen LogP) is 5.52. The van der Waals surface area contributed by atoms with Crippen LogP contribution in [0.2, 0.25) is 0 Å². The van der Waals surface area contributed by atoms with Crippen LogP contribution >= 0.6 is 11.8 Å². The maximum Gasteiger partial charge on any atom is 0.417 e. The fraction of sp³-hybridized carbons (Fsp3) is 0.167. The number of halogens is 4. The second-order valence-corrected chi connectivity index (χ2v) is 8.08. The van der Waals surface area contributed by atoms with E-state index in [2.05, 4.69) is 20.6 Å². The van der Waals surface area contributed by atoms with E-state index in [9.17, 15) is 22.4 Å². The van der Waals surface area contributed by atoms with Gasteiger partial charge in [-0.1, -0.05) is 30.3 Å². The largest absolute Gasteiger partial charge is 0.417 e. The van der Waals surface area contributed by atoms with Crippen LogP contribution in [0.1, 0.15) is 27.3 Å². The van der Waals surface area contributed by atoms with Gasteiger partial charge in [-0.05, 0) is 30.7 Å². The van der Waals surface area contributed by atoms with Gasteiger partial charge < -0.3 is 16.0 Å². The number of hydrogen-bond acceptors (Lipinski definition) is 6. The summed E-state index contributed by atoms with van der Waals surface area (Å²) >= 11 is 1.51. The Morgan fingerprint density at radius 2 is 1.89 bits per heavy atom. The fourth-order valence-electron chi connectivity index (χ4n) is 3.18. The molecule has 1 aromatic heterocycles. The van der Waals surface area contributed by atoms with Crippen molar-refractivity contribution >= 4 is 29.1 Å². The highest BCUT2D eigenvalue weighted by molar-refractivity contribution is 7.97. The summed E-state index contributed by atoms with van der Waals surface area (Å²) in [6.45, 7) is 0. The SMILES string of the molecule is CN/C=C\C(=N)c1cc(C(=O)Nc2cnc(CSC)nc2-c2ccccc2)c(F)cc1C(F)(F)F. The maximum absolute atomic E-state index is 14.7. The summed E-state index contributed by atoms with van der Waals surface area (Å²) in [6, 6.07) is 9.86. The number of anilines is 1. The van der Waals surface area contributed by atoms with Gasteiger partial charge in [-0.2, -0.15) is 24.9 Å². The third kappa shape index (κ3) is 6.24. The summed E-state index contributed by atoms with van der Waals surface area (Å²) < 4.78 is 55.3. The Hall–Kier alpha value is -3.73. The normalized spacial score (nSPS) is 11.5. The molecular formula is C24H21F4N5OS. The van der Waals surface area contributed by atoms with Crippen molar-refractivity contribution in [2.24, 2.45) is 0 Å². The van der Waals surface area contributed by atoms with Crippen molar-refractivity contribution in [1.29, 1.82) is 5.41 Å². The minimum Gasteiger partial charge on any atom is -0.394 e. The number of carbonyl (C=O) groups excluding carboxylic acids is 1. The predicted molar refractivity (Wildman–Crippen MR) is 129 cm³/mol. The van der Waals surface area contributed by atoms with Gasteiger partial charge in [-0.15, -0.1) is 0 Å². The molecule has 0 aliphatic carbocycles. The van der Waals surface area contributed by atoms with Crippen molar-refractivity contribution in [2.75, 3.05) is 18.6 Å². The van der Waals surface area contributed by atoms with Crippen LogP contribution < -0.4 is 10.6 Å². The Kier molecular flexibility index (Phi) is 8.23. The maximum atomic E-state index is 14.7. The Labute approximate surface area is 203 Å². The molecule has 0 aliphatic rings. The van der Waals surface area contributed by atoms with Crippen molar-refractivity contribution in [1.82, 2.24) is 15.3 Å². The van der Waals surface area contributed by atoms with E-state index in [-0.39, 0.29) is 11.8 Å². The smallest absolute Gasteiger partial charge is 0.394 e. The monoisotopic (exact) mass is 503 g/mol. The topological polar surface area (TPSA) is 90.8 Å². The zero-order valence-electron chi connectivity index (χ0n) is 18.7. The molecule has 6 nitrogen and oxygen atoms in total. The van der Waals surface area contributed by atoms with E-state index < -0.39 is 40.3 Å². The van der Waals surface area contributed by atoms with Gasteiger partial charge in [-0.25, -0.2) is 14.4 Å². The van der Waals surface area contributed by atoms with Crippen LogP contribution in [-0.4, -0.2) is 34.9 Å². The Morgan fingerprint density at radius 3 is 2.51 bits per heavy atom. The van der Waals surface area contributed by atoms with Crippen LogP contribution in [0.5, 0.6) is 0 Å². The van der Waals surface area contributed by atoms with Crippen LogP contribution in [-0.2, 0) is 11.9 Å². The molecule has 35 heavy (non-hydrogen) atoms. The van der Waals surface area contributed by atoms with Gasteiger partial charge in [0, 0.05) is 18.2 Å². The second-order valence-electron chi connectivity index (χ2n) is 7.21. The second kappa shape index (κ2) is 11.1. The highest BCUT2D eigenvalue weighted by Gasteiger charge is 2.36. The first-order valence-corrected chi connectivity index (χ1v) is 11.6. The Bertz CT molecular complexity index is 1260. The molecule has 3 rings (SSSR count). The van der Waals surface area contributed by atoms with E-state index in [1.807, 2.05) is 12.3 Å². The lowest BCUT2D eigenvalue weighted by molar-refractivity contribution is -0.137. The molecule has 0 spiro atoms. The lowest BCUT2D eigenvalue weighted by Crippen LogP contribution is -2.19. The molecule has 182 valence electrons. The summed E-state index contributed by atoms with van der Waals surface area (Å²) in [5.74, 6) is -1.33. The lowest BCUT2D eigenvalue weighted by atomic mass is 9.98. The van der Waals surface area contributed by atoms with Crippen LogP contribution in [0, 0.1) is 11.2 Å². The van der Waals surface area contributed by atoms with E-state index in [0.29, 0.717) is 22.8 Å². The van der Waals surface area contributed by atoms with Gasteiger partial charge in [0.25, 0.3) is 5.91 Å². The number of nitrogens with one attached hydrogen (secondary N) is 3. The molecule has 1 heterocycles. The Morgan fingerprint density at radius 1 is 1.17 bits per heavy atom. The van der Waals surface area contributed by atoms with Crippen LogP contribution in [0.4, 0.5) is 23.2 Å². The highest BCUT2D eigenvalue weighted by Crippen LogP contribution is 2.34. The van der Waals surface area contributed by atoms with E-state index in [1.54, 1.807) is 24.3 Å². The van der Waals surface area contributed by atoms with E-state index in [0.717, 1.165) is 12.1 Å². The average molecular weight is 504 g/mol. The summed E-state index contributed by atoms with van der Waals surface area (Å²) in [5.41, 5.74) is -1.97. The van der Waals surface area contributed by atoms with Crippen molar-refractivity contribution < 1.29 is 22.4 Å². The molecule has 3 N–H and O–H groups in total. The molecule has 2 aromatic carbocycles. The lowest BCUT2D eigenvalue weighted by Gasteiger charge is -2.16. The molecule has 0 radical (unpaired) electrons. The van der Waals surface area contributed by atoms with Crippen LogP contribution in [0.15, 0.2) is 60.9 Å². The molecule has 1 amide bonds. The number of carbonyl (C=O) groups is 1. The molecule has 0 saturated carbocycles. The summed E-state index contributed by atoms with van der Waals surface area (Å²) in [7, 11) is 1.51. The van der Waals surface area contributed by atoms with Gasteiger partial charge in [-0.3, -0.25) is 4.79 Å². The first-order chi connectivity index (χ1) is 16.7. The number of amides is 1. The Balaban J connectivity index is 2.06. The third-order valence-electron chi connectivity index (χ3n) is 4.77. The molecule has 0 saturated heterocycles. The zero-order valence-corrected chi connectivity index (χ0v) is 19.5. The number of benzene rings is 2. The van der Waals surface area contributed by atoms with Crippen molar-refractivity contribution in [3.8, 4) is 11.3 Å². The first kappa shape index (κ1) is 25.9. The number of hydrogen-bond donors (Lipinski definition) is 3. The minimum atomic E-state index is -4.92. The number of alkyl halides is 3. The van der Waals surface area contributed by atoms with Crippen molar-refractivity contribution in [3.63, 3.8) is 0 Å². The highest BCUT2D eigenvalue weighted by atomic mass is 32.2. The standard InChI is InChI=1S/C24H21F4N5OS/c1-30-9-8-19(29)15-10-16(18(25)11-17(15)24(26,27)28)23(34)32-20-12-31-21(13-35-2)33-22(20)14-6-4-3-5-7-14/h3-12,29-30H,13H2,1-2H3,(H,32,34)/b9-8-,29-19?. The van der Waals surface area contributed by atoms with Crippen LogP contribution in [0.3, 0.4) is 0 Å². The zero-order chi connectivity index (χ0) is 25.6. The van der Waals surface area contributed by atoms with Crippen molar-refractivity contribution in [2.45, 2.75) is 11.9 Å². The van der Waals surface area contributed by atoms with Gasteiger partial charge in [0.05, 0.1) is 40.2 Å². The number of allylic oxidation sites excluding steroid dienone is 1. The number of nitrogens with zero attached hydrogens (tertiary/aromatic N) is 2. The van der Waals surface area contributed by atoms with Crippen LogP contribution in [0.25, 0.3) is 11.3 Å². The number of thioether (sulfide) groups is 1. The first-order valence-electron chi connectivity index (χ1n) is 10.2.